The summed E-state index contributed by atoms with van der Waals surface area (Å²) >= 11 is 0. The summed E-state index contributed by atoms with van der Waals surface area (Å²) in [7, 11) is 4.43. The molecule has 0 unspecified atom stereocenters. The van der Waals surface area contributed by atoms with Gasteiger partial charge in [-0.1, -0.05) is 25.8 Å². The molecule has 0 saturated carbocycles. The normalized spacial score (nSPS) is 13.0. The molecule has 0 radical (unpaired) electrons. The van der Waals surface area contributed by atoms with Crippen molar-refractivity contribution in [1.82, 2.24) is 0 Å². The number of rotatable bonds is 7. The Balaban J connectivity index is 3.76. The fourth-order valence-corrected chi connectivity index (χ4v) is 2.94. The summed E-state index contributed by atoms with van der Waals surface area (Å²) < 4.78 is 15.6. The van der Waals surface area contributed by atoms with Gasteiger partial charge in [0.15, 0.2) is 0 Å². The third kappa shape index (κ3) is 3.67. The van der Waals surface area contributed by atoms with Crippen molar-refractivity contribution in [2.24, 2.45) is 0 Å². The van der Waals surface area contributed by atoms with Crippen LogP contribution in [0.2, 0.25) is 6.04 Å². The Morgan fingerprint density at radius 1 is 1.08 bits per heavy atom. The Kier molecular flexibility index (Phi) is 6.65. The van der Waals surface area contributed by atoms with E-state index in [1.165, 1.54) is 18.9 Å². The number of methoxy groups -OCH3 is 3. The van der Waals surface area contributed by atoms with Crippen molar-refractivity contribution in [2.75, 3.05) is 21.3 Å². The SMILES string of the molecule is CCCC[SiH2]C(OC)(OC)OC. The van der Waals surface area contributed by atoms with Gasteiger partial charge >= 0.3 is 0 Å². The standard InChI is InChI=1S/C8H20O3Si/c1-5-6-7-12-8(9-2,10-3)11-4/h5-7,12H2,1-4H3. The zero-order chi connectivity index (χ0) is 9.45. The average Bonchev–Trinajstić information content (AvgIpc) is 2.14. The Labute approximate surface area is 77.2 Å². The molecule has 0 spiro atoms. The van der Waals surface area contributed by atoms with Crippen molar-refractivity contribution in [3.8, 4) is 0 Å². The molecule has 3 nitrogen and oxygen atoms in total. The Hall–Kier alpha value is 0.0969. The van der Waals surface area contributed by atoms with E-state index in [1.807, 2.05) is 0 Å². The summed E-state index contributed by atoms with van der Waals surface area (Å²) in [6.45, 7) is 2.18. The maximum atomic E-state index is 5.20. The topological polar surface area (TPSA) is 27.7 Å². The van der Waals surface area contributed by atoms with E-state index in [0.29, 0.717) is 0 Å². The molecular weight excluding hydrogens is 172 g/mol. The quantitative estimate of drug-likeness (QED) is 0.341. The lowest BCUT2D eigenvalue weighted by atomic mass is 10.4. The first-order valence-corrected chi connectivity index (χ1v) is 6.10. The maximum Gasteiger partial charge on any atom is 0.248 e. The van der Waals surface area contributed by atoms with Gasteiger partial charge in [-0.15, -0.1) is 0 Å². The first kappa shape index (κ1) is 12.1. The van der Waals surface area contributed by atoms with Crippen molar-refractivity contribution < 1.29 is 14.2 Å². The molecule has 4 heteroatoms. The molecule has 74 valence electrons. The van der Waals surface area contributed by atoms with Crippen LogP contribution in [-0.2, 0) is 14.2 Å². The molecule has 0 aliphatic rings. The molecule has 0 N–H and O–H groups in total. The predicted molar refractivity (Wildman–Crippen MR) is 52.0 cm³/mol. The Morgan fingerprint density at radius 3 is 1.92 bits per heavy atom. The van der Waals surface area contributed by atoms with Crippen LogP contribution in [0.1, 0.15) is 19.8 Å². The van der Waals surface area contributed by atoms with E-state index in [9.17, 15) is 0 Å². The highest BCUT2D eigenvalue weighted by Gasteiger charge is 2.28. The lowest BCUT2D eigenvalue weighted by molar-refractivity contribution is -0.294. The van der Waals surface area contributed by atoms with Crippen LogP contribution in [0.5, 0.6) is 0 Å². The summed E-state index contributed by atoms with van der Waals surface area (Å²) in [5, 5.41) is 0. The van der Waals surface area contributed by atoms with Gasteiger partial charge in [0.1, 0.15) is 9.52 Å². The monoisotopic (exact) mass is 192 g/mol. The van der Waals surface area contributed by atoms with Gasteiger partial charge in [0.25, 0.3) is 0 Å². The second kappa shape index (κ2) is 6.60. The Bertz CT molecular complexity index is 96.2. The largest absolute Gasteiger partial charge is 0.335 e. The van der Waals surface area contributed by atoms with Gasteiger partial charge in [-0.05, 0) is 0 Å². The summed E-state index contributed by atoms with van der Waals surface area (Å²) in [5.41, 5.74) is -0.685. The minimum Gasteiger partial charge on any atom is -0.335 e. The highest BCUT2D eigenvalue weighted by atomic mass is 28.2. The molecule has 0 aromatic carbocycles. The lowest BCUT2D eigenvalue weighted by Crippen LogP contribution is -2.42. The zero-order valence-corrected chi connectivity index (χ0v) is 9.97. The fraction of sp³-hybridized carbons (Fsp3) is 1.00. The number of unbranched alkanes of at least 4 members (excludes halogenated alkanes) is 1. The molecule has 0 aliphatic heterocycles. The average molecular weight is 192 g/mol. The van der Waals surface area contributed by atoms with Crippen LogP contribution in [-0.4, -0.2) is 36.4 Å². The number of hydrogen-bond donors (Lipinski definition) is 0. The maximum absolute atomic E-state index is 5.20. The molecule has 12 heavy (non-hydrogen) atoms. The number of hydrogen-bond acceptors (Lipinski definition) is 3. The lowest BCUT2D eigenvalue weighted by Gasteiger charge is -2.28. The molecule has 0 saturated heterocycles. The number of ether oxygens (including phenoxy) is 3. The molecule has 0 heterocycles. The van der Waals surface area contributed by atoms with Crippen LogP contribution in [0.15, 0.2) is 0 Å². The smallest absolute Gasteiger partial charge is 0.248 e. The van der Waals surface area contributed by atoms with Gasteiger partial charge in [0, 0.05) is 21.3 Å². The van der Waals surface area contributed by atoms with E-state index < -0.39 is 15.1 Å². The Morgan fingerprint density at radius 2 is 1.58 bits per heavy atom. The summed E-state index contributed by atoms with van der Waals surface area (Å²) in [6, 6.07) is 1.20. The second-order valence-corrected chi connectivity index (χ2v) is 4.83. The van der Waals surface area contributed by atoms with Crippen molar-refractivity contribution in [3.63, 3.8) is 0 Å². The minimum atomic E-state index is -0.685. The third-order valence-electron chi connectivity index (χ3n) is 2.02. The van der Waals surface area contributed by atoms with Crippen molar-refractivity contribution in [2.45, 2.75) is 31.4 Å². The van der Waals surface area contributed by atoms with Crippen LogP contribution >= 0.6 is 0 Å². The zero-order valence-electron chi connectivity index (χ0n) is 8.55. The first-order valence-electron chi connectivity index (χ1n) is 4.40. The van der Waals surface area contributed by atoms with Crippen LogP contribution in [0.3, 0.4) is 0 Å². The van der Waals surface area contributed by atoms with Gasteiger partial charge in [0.2, 0.25) is 5.60 Å². The highest BCUT2D eigenvalue weighted by molar-refractivity contribution is 6.38. The molecule has 0 atom stereocenters. The van der Waals surface area contributed by atoms with Crippen molar-refractivity contribution in [3.05, 3.63) is 0 Å². The molecule has 0 bridgehead atoms. The fourth-order valence-electron chi connectivity index (χ4n) is 1.15. The van der Waals surface area contributed by atoms with E-state index >= 15 is 0 Å². The van der Waals surface area contributed by atoms with E-state index in [0.717, 1.165) is 0 Å². The van der Waals surface area contributed by atoms with Gasteiger partial charge < -0.3 is 14.2 Å². The molecule has 0 amide bonds. The second-order valence-electron chi connectivity index (χ2n) is 2.75. The van der Waals surface area contributed by atoms with Crippen LogP contribution < -0.4 is 0 Å². The summed E-state index contributed by atoms with van der Waals surface area (Å²) in [4.78, 5) is 0. The van der Waals surface area contributed by atoms with E-state index in [1.54, 1.807) is 21.3 Å². The highest BCUT2D eigenvalue weighted by Crippen LogP contribution is 2.13. The molecular formula is C8H20O3Si. The third-order valence-corrected chi connectivity index (χ3v) is 4.35. The molecule has 0 rings (SSSR count). The molecule has 0 aliphatic carbocycles. The van der Waals surface area contributed by atoms with Gasteiger partial charge in [-0.25, -0.2) is 0 Å². The molecule has 0 aromatic heterocycles. The molecule has 0 fully saturated rings. The first-order chi connectivity index (χ1) is 5.74. The van der Waals surface area contributed by atoms with E-state index in [2.05, 4.69) is 6.92 Å². The summed E-state index contributed by atoms with van der Waals surface area (Å²) in [5.74, 6) is 0. The predicted octanol–water partition coefficient (Wildman–Crippen LogP) is 0.924. The molecule has 0 aromatic rings. The van der Waals surface area contributed by atoms with Crippen molar-refractivity contribution >= 4 is 9.52 Å². The van der Waals surface area contributed by atoms with Gasteiger partial charge in [0.05, 0.1) is 0 Å². The van der Waals surface area contributed by atoms with E-state index in [4.69, 9.17) is 14.2 Å². The van der Waals surface area contributed by atoms with Crippen molar-refractivity contribution in [1.29, 1.82) is 0 Å². The van der Waals surface area contributed by atoms with Crippen LogP contribution in [0.25, 0.3) is 0 Å². The summed E-state index contributed by atoms with van der Waals surface area (Å²) in [6.07, 6.45) is 2.46. The van der Waals surface area contributed by atoms with Crippen LogP contribution in [0, 0.1) is 0 Å². The van der Waals surface area contributed by atoms with Gasteiger partial charge in [-0.3, -0.25) is 0 Å². The van der Waals surface area contributed by atoms with Gasteiger partial charge in [-0.2, -0.15) is 0 Å². The van der Waals surface area contributed by atoms with E-state index in [-0.39, 0.29) is 0 Å². The minimum absolute atomic E-state index is 0.459. The van der Waals surface area contributed by atoms with Crippen LogP contribution in [0.4, 0.5) is 0 Å².